The average Bonchev–Trinajstić information content (AvgIpc) is 2.12. The smallest absolute Gasteiger partial charge is 0.217 e. The average molecular weight is 255 g/mol. The Bertz CT molecular complexity index is 350. The van der Waals surface area contributed by atoms with E-state index in [4.69, 9.17) is 0 Å². The molecule has 0 spiro atoms. The molecule has 0 atom stereocenters. The summed E-state index contributed by atoms with van der Waals surface area (Å²) in [5.74, 6) is -0.0226. The molecule has 0 aliphatic heterocycles. The summed E-state index contributed by atoms with van der Waals surface area (Å²) in [5.41, 5.74) is 1.05. The van der Waals surface area contributed by atoms with Crippen LogP contribution in [0.2, 0.25) is 0 Å². The van der Waals surface area contributed by atoms with Gasteiger partial charge in [0.15, 0.2) is 0 Å². The highest BCUT2D eigenvalue weighted by Gasteiger charge is 1.89. The molecule has 0 fully saturated rings. The molecule has 74 valence electrons. The zero-order valence-electron chi connectivity index (χ0n) is 7.83. The summed E-state index contributed by atoms with van der Waals surface area (Å²) in [7, 11) is 0. The van der Waals surface area contributed by atoms with E-state index in [0.29, 0.717) is 6.54 Å². The lowest BCUT2D eigenvalue weighted by atomic mass is 10.2. The Morgan fingerprint density at radius 3 is 3.14 bits per heavy atom. The summed E-state index contributed by atoms with van der Waals surface area (Å²) >= 11 is 3.28. The SMILES string of the molecule is CC(=O)NCC=Cc1ccnc(Br)c1. The third kappa shape index (κ3) is 4.18. The summed E-state index contributed by atoms with van der Waals surface area (Å²) in [6, 6.07) is 3.80. The van der Waals surface area contributed by atoms with Crippen LogP contribution in [0.5, 0.6) is 0 Å². The minimum atomic E-state index is -0.0226. The highest BCUT2D eigenvalue weighted by molar-refractivity contribution is 9.10. The first-order valence-electron chi connectivity index (χ1n) is 4.21. The quantitative estimate of drug-likeness (QED) is 0.839. The second-order valence-electron chi connectivity index (χ2n) is 2.75. The van der Waals surface area contributed by atoms with Crippen LogP contribution in [-0.4, -0.2) is 17.4 Å². The molecule has 1 heterocycles. The fraction of sp³-hybridized carbons (Fsp3) is 0.200. The van der Waals surface area contributed by atoms with E-state index in [0.717, 1.165) is 10.2 Å². The van der Waals surface area contributed by atoms with Gasteiger partial charge in [0.25, 0.3) is 0 Å². The number of rotatable bonds is 3. The highest BCUT2D eigenvalue weighted by Crippen LogP contribution is 2.08. The fourth-order valence-corrected chi connectivity index (χ4v) is 1.30. The van der Waals surface area contributed by atoms with E-state index in [1.165, 1.54) is 6.92 Å². The third-order valence-corrected chi connectivity index (χ3v) is 1.96. The minimum Gasteiger partial charge on any atom is -0.353 e. The van der Waals surface area contributed by atoms with Crippen LogP contribution in [0.3, 0.4) is 0 Å². The number of nitrogens with zero attached hydrogens (tertiary/aromatic N) is 1. The van der Waals surface area contributed by atoms with Crippen LogP contribution in [0.1, 0.15) is 12.5 Å². The summed E-state index contributed by atoms with van der Waals surface area (Å²) in [5, 5.41) is 2.68. The van der Waals surface area contributed by atoms with E-state index in [2.05, 4.69) is 26.2 Å². The molecule has 0 unspecified atom stereocenters. The van der Waals surface area contributed by atoms with Gasteiger partial charge in [-0.1, -0.05) is 12.2 Å². The molecule has 0 aromatic carbocycles. The number of hydrogen-bond donors (Lipinski definition) is 1. The molecule has 14 heavy (non-hydrogen) atoms. The van der Waals surface area contributed by atoms with Crippen molar-refractivity contribution in [2.45, 2.75) is 6.92 Å². The first-order chi connectivity index (χ1) is 6.68. The van der Waals surface area contributed by atoms with Crippen LogP contribution in [0.15, 0.2) is 29.0 Å². The second-order valence-corrected chi connectivity index (χ2v) is 3.56. The van der Waals surface area contributed by atoms with E-state index in [1.807, 2.05) is 24.3 Å². The van der Waals surface area contributed by atoms with Crippen LogP contribution in [0, 0.1) is 0 Å². The number of amides is 1. The van der Waals surface area contributed by atoms with Gasteiger partial charge in [-0.05, 0) is 33.6 Å². The van der Waals surface area contributed by atoms with Gasteiger partial charge in [0.1, 0.15) is 4.60 Å². The van der Waals surface area contributed by atoms with Crippen molar-refractivity contribution >= 4 is 27.9 Å². The first kappa shape index (κ1) is 10.9. The number of carbonyl (C=O) groups excluding carboxylic acids is 1. The van der Waals surface area contributed by atoms with Gasteiger partial charge in [-0.3, -0.25) is 4.79 Å². The Morgan fingerprint density at radius 2 is 2.50 bits per heavy atom. The van der Waals surface area contributed by atoms with Crippen molar-refractivity contribution in [1.82, 2.24) is 10.3 Å². The molecule has 3 nitrogen and oxygen atoms in total. The molecule has 1 aromatic rings. The molecule has 4 heteroatoms. The topological polar surface area (TPSA) is 42.0 Å². The number of halogens is 1. The largest absolute Gasteiger partial charge is 0.353 e. The van der Waals surface area contributed by atoms with E-state index in [-0.39, 0.29) is 5.91 Å². The summed E-state index contributed by atoms with van der Waals surface area (Å²) in [4.78, 5) is 14.6. The lowest BCUT2D eigenvalue weighted by Crippen LogP contribution is -2.19. The van der Waals surface area contributed by atoms with E-state index in [1.54, 1.807) is 6.20 Å². The van der Waals surface area contributed by atoms with Crippen molar-refractivity contribution in [3.05, 3.63) is 34.6 Å². The zero-order chi connectivity index (χ0) is 10.4. The maximum atomic E-state index is 10.5. The maximum absolute atomic E-state index is 10.5. The van der Waals surface area contributed by atoms with Crippen molar-refractivity contribution in [3.63, 3.8) is 0 Å². The summed E-state index contributed by atoms with van der Waals surface area (Å²) in [6.07, 6.45) is 5.55. The van der Waals surface area contributed by atoms with Gasteiger partial charge in [-0.25, -0.2) is 4.98 Å². The Hall–Kier alpha value is -1.16. The van der Waals surface area contributed by atoms with Crippen molar-refractivity contribution in [3.8, 4) is 0 Å². The second kappa shape index (κ2) is 5.54. The molecule has 0 aliphatic rings. The van der Waals surface area contributed by atoms with Gasteiger partial charge in [-0.2, -0.15) is 0 Å². The lowest BCUT2D eigenvalue weighted by molar-refractivity contribution is -0.118. The molecule has 1 amide bonds. The number of pyridine rings is 1. The van der Waals surface area contributed by atoms with Crippen LogP contribution < -0.4 is 5.32 Å². The number of aromatic nitrogens is 1. The Morgan fingerprint density at radius 1 is 1.71 bits per heavy atom. The number of hydrogen-bond acceptors (Lipinski definition) is 2. The summed E-state index contributed by atoms with van der Waals surface area (Å²) in [6.45, 7) is 2.05. The van der Waals surface area contributed by atoms with E-state index < -0.39 is 0 Å². The molecule has 0 saturated carbocycles. The normalized spacial score (nSPS) is 10.4. The number of carbonyl (C=O) groups is 1. The molecule has 0 saturated heterocycles. The van der Waals surface area contributed by atoms with Crippen molar-refractivity contribution < 1.29 is 4.79 Å². The number of nitrogens with one attached hydrogen (secondary N) is 1. The first-order valence-corrected chi connectivity index (χ1v) is 5.00. The van der Waals surface area contributed by atoms with Crippen LogP contribution >= 0.6 is 15.9 Å². The highest BCUT2D eigenvalue weighted by atomic mass is 79.9. The zero-order valence-corrected chi connectivity index (χ0v) is 9.41. The van der Waals surface area contributed by atoms with Crippen LogP contribution in [0.4, 0.5) is 0 Å². The lowest BCUT2D eigenvalue weighted by Gasteiger charge is -1.95. The van der Waals surface area contributed by atoms with Gasteiger partial charge in [0.2, 0.25) is 5.91 Å². The maximum Gasteiger partial charge on any atom is 0.217 e. The molecule has 1 aromatic heterocycles. The van der Waals surface area contributed by atoms with Gasteiger partial charge in [-0.15, -0.1) is 0 Å². The molecule has 1 N–H and O–H groups in total. The van der Waals surface area contributed by atoms with E-state index in [9.17, 15) is 4.79 Å². The molecule has 0 bridgehead atoms. The Balaban J connectivity index is 2.47. The Labute approximate surface area is 91.4 Å². The molecular formula is C10H11BrN2O. The molecule has 0 aliphatic carbocycles. The van der Waals surface area contributed by atoms with Gasteiger partial charge < -0.3 is 5.32 Å². The predicted octanol–water partition coefficient (Wildman–Crippen LogP) is 1.99. The van der Waals surface area contributed by atoms with Gasteiger partial charge in [0.05, 0.1) is 0 Å². The van der Waals surface area contributed by atoms with Crippen molar-refractivity contribution in [2.24, 2.45) is 0 Å². The van der Waals surface area contributed by atoms with Gasteiger partial charge in [0, 0.05) is 19.7 Å². The van der Waals surface area contributed by atoms with E-state index >= 15 is 0 Å². The molecule has 1 rings (SSSR count). The monoisotopic (exact) mass is 254 g/mol. The molecular weight excluding hydrogens is 244 g/mol. The summed E-state index contributed by atoms with van der Waals surface area (Å²) < 4.78 is 0.805. The van der Waals surface area contributed by atoms with Crippen molar-refractivity contribution in [2.75, 3.05) is 6.54 Å². The molecule has 0 radical (unpaired) electrons. The Kier molecular flexibility index (Phi) is 4.32. The van der Waals surface area contributed by atoms with Crippen LogP contribution in [0.25, 0.3) is 6.08 Å². The van der Waals surface area contributed by atoms with Crippen molar-refractivity contribution in [1.29, 1.82) is 0 Å². The predicted molar refractivity (Wildman–Crippen MR) is 59.7 cm³/mol. The minimum absolute atomic E-state index is 0.0226. The standard InChI is InChI=1S/C10H11BrN2O/c1-8(14)12-5-2-3-9-4-6-13-10(11)7-9/h2-4,6-7H,5H2,1H3,(H,12,14). The third-order valence-electron chi connectivity index (χ3n) is 1.53. The fourth-order valence-electron chi connectivity index (χ4n) is 0.919. The van der Waals surface area contributed by atoms with Crippen LogP contribution in [-0.2, 0) is 4.79 Å². The van der Waals surface area contributed by atoms with Gasteiger partial charge >= 0.3 is 0 Å².